The molecule has 1 aromatic carbocycles. The van der Waals surface area contributed by atoms with Crippen molar-refractivity contribution < 1.29 is 23.8 Å². The lowest BCUT2D eigenvalue weighted by Gasteiger charge is -2.41. The lowest BCUT2D eigenvalue weighted by atomic mass is 9.92. The van der Waals surface area contributed by atoms with Gasteiger partial charge in [0.1, 0.15) is 5.75 Å². The Morgan fingerprint density at radius 1 is 1.18 bits per heavy atom. The third kappa shape index (κ3) is 5.69. The van der Waals surface area contributed by atoms with Crippen LogP contribution in [0.5, 0.6) is 5.75 Å². The van der Waals surface area contributed by atoms with Crippen LogP contribution in [0.4, 0.5) is 5.69 Å². The zero-order chi connectivity index (χ0) is 24.0. The molecule has 0 spiro atoms. The van der Waals surface area contributed by atoms with E-state index in [0.29, 0.717) is 30.2 Å². The minimum Gasteiger partial charge on any atom is -0.473 e. The number of hydrogen-bond donors (Lipinski definition) is 0. The smallest absolute Gasteiger partial charge is 0.273 e. The second-order valence-corrected chi connectivity index (χ2v) is 9.70. The van der Waals surface area contributed by atoms with Crippen LogP contribution in [0.2, 0.25) is 0 Å². The number of ether oxygens (including phenoxy) is 3. The Morgan fingerprint density at radius 2 is 1.91 bits per heavy atom. The molecule has 7 heteroatoms. The van der Waals surface area contributed by atoms with Crippen LogP contribution >= 0.6 is 0 Å². The molecule has 0 N–H and O–H groups in total. The summed E-state index contributed by atoms with van der Waals surface area (Å²) in [6, 6.07) is 5.87. The average molecular weight is 461 g/mol. The normalized spacial score (nSPS) is 21.2. The first-order chi connectivity index (χ1) is 15.8. The lowest BCUT2D eigenvalue weighted by Crippen LogP contribution is -2.57. The number of rotatable bonds is 10. The molecule has 1 heterocycles. The first-order valence-electron chi connectivity index (χ1n) is 12.3. The minimum absolute atomic E-state index is 0.0247. The predicted molar refractivity (Wildman–Crippen MR) is 129 cm³/mol. The molecule has 1 atom stereocenters. The Morgan fingerprint density at radius 3 is 2.55 bits per heavy atom. The third-order valence-electron chi connectivity index (χ3n) is 6.69. The Balaban J connectivity index is 1.92. The van der Waals surface area contributed by atoms with Gasteiger partial charge in [0.15, 0.2) is 0 Å². The van der Waals surface area contributed by atoms with E-state index < -0.39 is 5.60 Å². The van der Waals surface area contributed by atoms with Crippen LogP contribution in [0.3, 0.4) is 0 Å². The van der Waals surface area contributed by atoms with E-state index in [1.807, 2.05) is 23.1 Å². The molecule has 184 valence electrons. The summed E-state index contributed by atoms with van der Waals surface area (Å²) >= 11 is 0. The summed E-state index contributed by atoms with van der Waals surface area (Å²) in [6.07, 6.45) is 7.32. The van der Waals surface area contributed by atoms with Gasteiger partial charge in [-0.3, -0.25) is 9.59 Å². The molecular weight excluding hydrogens is 420 g/mol. The first-order valence-corrected chi connectivity index (χ1v) is 12.3. The highest BCUT2D eigenvalue weighted by molar-refractivity contribution is 6.04. The van der Waals surface area contributed by atoms with E-state index in [0.717, 1.165) is 25.7 Å². The average Bonchev–Trinajstić information content (AvgIpc) is 2.79. The van der Waals surface area contributed by atoms with Crippen molar-refractivity contribution in [2.45, 2.75) is 83.4 Å². The van der Waals surface area contributed by atoms with E-state index in [9.17, 15) is 9.59 Å². The van der Waals surface area contributed by atoms with E-state index in [4.69, 9.17) is 14.2 Å². The van der Waals surface area contributed by atoms with Crippen LogP contribution in [0.1, 0.15) is 76.1 Å². The number of unbranched alkanes of at least 4 members (excludes halogenated alkanes) is 1. The quantitative estimate of drug-likeness (QED) is 0.483. The largest absolute Gasteiger partial charge is 0.473 e. The summed E-state index contributed by atoms with van der Waals surface area (Å²) in [5, 5.41) is 0. The Hall–Kier alpha value is -2.12. The van der Waals surface area contributed by atoms with Crippen LogP contribution < -0.4 is 9.64 Å². The number of nitrogens with zero attached hydrogens (tertiary/aromatic N) is 2. The summed E-state index contributed by atoms with van der Waals surface area (Å²) in [4.78, 5) is 30.8. The van der Waals surface area contributed by atoms with Crippen molar-refractivity contribution in [2.24, 2.45) is 0 Å². The fraction of sp³-hybridized carbons (Fsp3) is 0.692. The molecule has 1 fully saturated rings. The number of anilines is 1. The SMILES string of the molecule is COCCCCN1C(=O)C(C)(COC)Oc2ccc(C(=O)N(C(C)C)C3CCCCC3)cc21. The van der Waals surface area contributed by atoms with Crippen molar-refractivity contribution in [3.63, 3.8) is 0 Å². The number of carbonyl (C=O) groups is 2. The second kappa shape index (κ2) is 11.3. The van der Waals surface area contributed by atoms with Gasteiger partial charge in [-0.2, -0.15) is 0 Å². The summed E-state index contributed by atoms with van der Waals surface area (Å²) < 4.78 is 16.6. The van der Waals surface area contributed by atoms with Gasteiger partial charge in [-0.05, 0) is 64.7 Å². The van der Waals surface area contributed by atoms with Crippen molar-refractivity contribution in [3.05, 3.63) is 23.8 Å². The summed E-state index contributed by atoms with van der Waals surface area (Å²) in [5.74, 6) is 0.481. The highest BCUT2D eigenvalue weighted by Crippen LogP contribution is 2.39. The monoisotopic (exact) mass is 460 g/mol. The van der Waals surface area contributed by atoms with Crippen LogP contribution in [0.15, 0.2) is 18.2 Å². The highest BCUT2D eigenvalue weighted by atomic mass is 16.5. The number of fused-ring (bicyclic) bond motifs is 1. The molecule has 1 saturated carbocycles. The number of hydrogen-bond acceptors (Lipinski definition) is 5. The zero-order valence-corrected chi connectivity index (χ0v) is 20.9. The van der Waals surface area contributed by atoms with Crippen LogP contribution in [-0.4, -0.2) is 68.4 Å². The zero-order valence-electron chi connectivity index (χ0n) is 20.9. The molecule has 0 saturated heterocycles. The molecule has 3 rings (SSSR count). The number of methoxy groups -OCH3 is 2. The standard InChI is InChI=1S/C26H40N2O5/c1-19(2)28(21-11-7-6-8-12-21)24(29)20-13-14-23-22(17-20)27(15-9-10-16-31-4)25(30)26(3,33-23)18-32-5/h13-14,17,19,21H,6-12,15-16,18H2,1-5H3. The van der Waals surface area contributed by atoms with Gasteiger partial charge < -0.3 is 24.0 Å². The minimum atomic E-state index is -1.10. The predicted octanol–water partition coefficient (Wildman–Crippen LogP) is 4.43. The van der Waals surface area contributed by atoms with Gasteiger partial charge in [0.2, 0.25) is 5.60 Å². The third-order valence-corrected chi connectivity index (χ3v) is 6.69. The van der Waals surface area contributed by atoms with Gasteiger partial charge in [-0.25, -0.2) is 0 Å². The maximum absolute atomic E-state index is 13.6. The Kier molecular flexibility index (Phi) is 8.76. The number of benzene rings is 1. The van der Waals surface area contributed by atoms with Gasteiger partial charge >= 0.3 is 0 Å². The summed E-state index contributed by atoms with van der Waals surface area (Å²) in [6.45, 7) is 7.25. The topological polar surface area (TPSA) is 68.3 Å². The molecule has 1 unspecified atom stereocenters. The van der Waals surface area contributed by atoms with Crippen molar-refractivity contribution in [1.82, 2.24) is 4.90 Å². The second-order valence-electron chi connectivity index (χ2n) is 9.70. The number of carbonyl (C=O) groups excluding carboxylic acids is 2. The highest BCUT2D eigenvalue weighted by Gasteiger charge is 2.45. The fourth-order valence-corrected chi connectivity index (χ4v) is 5.06. The van der Waals surface area contributed by atoms with Gasteiger partial charge in [0.05, 0.1) is 12.3 Å². The van der Waals surface area contributed by atoms with Gasteiger partial charge in [-0.15, -0.1) is 0 Å². The Bertz CT molecular complexity index is 821. The van der Waals surface area contributed by atoms with E-state index in [1.54, 1.807) is 26.0 Å². The molecule has 2 amide bonds. The number of amides is 2. The van der Waals surface area contributed by atoms with E-state index in [-0.39, 0.29) is 30.5 Å². The van der Waals surface area contributed by atoms with Crippen molar-refractivity contribution in [3.8, 4) is 5.75 Å². The van der Waals surface area contributed by atoms with E-state index in [2.05, 4.69) is 13.8 Å². The van der Waals surface area contributed by atoms with E-state index >= 15 is 0 Å². The van der Waals surface area contributed by atoms with Gasteiger partial charge in [0.25, 0.3) is 11.8 Å². The summed E-state index contributed by atoms with van der Waals surface area (Å²) in [5.41, 5.74) is 0.159. The molecule has 33 heavy (non-hydrogen) atoms. The van der Waals surface area contributed by atoms with Gasteiger partial charge in [-0.1, -0.05) is 19.3 Å². The molecule has 0 radical (unpaired) electrons. The first kappa shape index (κ1) is 25.5. The maximum Gasteiger partial charge on any atom is 0.273 e. The maximum atomic E-state index is 13.6. The molecular formula is C26H40N2O5. The lowest BCUT2D eigenvalue weighted by molar-refractivity contribution is -0.138. The molecule has 1 aromatic rings. The molecule has 2 aliphatic rings. The van der Waals surface area contributed by atoms with Crippen LogP contribution in [0.25, 0.3) is 0 Å². The van der Waals surface area contributed by atoms with Crippen molar-refractivity contribution in [2.75, 3.05) is 38.9 Å². The molecule has 0 aromatic heterocycles. The molecule has 1 aliphatic heterocycles. The van der Waals surface area contributed by atoms with Gasteiger partial charge in [0, 0.05) is 45.0 Å². The fourth-order valence-electron chi connectivity index (χ4n) is 5.06. The van der Waals surface area contributed by atoms with Crippen LogP contribution in [-0.2, 0) is 14.3 Å². The Labute approximate surface area is 198 Å². The molecule has 0 bridgehead atoms. The molecule has 1 aliphatic carbocycles. The van der Waals surface area contributed by atoms with Crippen molar-refractivity contribution in [1.29, 1.82) is 0 Å². The summed E-state index contributed by atoms with van der Waals surface area (Å²) in [7, 11) is 3.24. The molecule has 7 nitrogen and oxygen atoms in total. The van der Waals surface area contributed by atoms with Crippen molar-refractivity contribution >= 4 is 17.5 Å². The van der Waals surface area contributed by atoms with Crippen LogP contribution in [0, 0.1) is 0 Å². The van der Waals surface area contributed by atoms with E-state index in [1.165, 1.54) is 19.3 Å².